The minimum atomic E-state index is -0.358. The van der Waals surface area contributed by atoms with Gasteiger partial charge in [-0.05, 0) is 31.5 Å². The highest BCUT2D eigenvalue weighted by Gasteiger charge is 2.12. The molecule has 5 nitrogen and oxygen atoms in total. The van der Waals surface area contributed by atoms with Crippen molar-refractivity contribution < 1.29 is 9.32 Å². The van der Waals surface area contributed by atoms with E-state index in [-0.39, 0.29) is 11.7 Å². The molecule has 2 rings (SSSR count). The lowest BCUT2D eigenvalue weighted by Gasteiger charge is -2.07. The van der Waals surface area contributed by atoms with Gasteiger partial charge in [-0.1, -0.05) is 11.2 Å². The topological polar surface area (TPSA) is 81.1 Å². The zero-order chi connectivity index (χ0) is 12.4. The van der Waals surface area contributed by atoms with Crippen molar-refractivity contribution >= 4 is 17.3 Å². The molecule has 0 atom stereocenters. The van der Waals surface area contributed by atoms with Crippen LogP contribution in [0, 0.1) is 13.8 Å². The third-order valence-corrected chi connectivity index (χ3v) is 2.31. The fourth-order valence-corrected chi connectivity index (χ4v) is 1.43. The van der Waals surface area contributed by atoms with Crippen molar-refractivity contribution in [3.8, 4) is 0 Å². The number of carbonyl (C=O) groups is 1. The third-order valence-electron chi connectivity index (χ3n) is 2.31. The summed E-state index contributed by atoms with van der Waals surface area (Å²) in [6.45, 7) is 3.68. The van der Waals surface area contributed by atoms with Gasteiger partial charge in [0.2, 0.25) is 5.76 Å². The highest BCUT2D eigenvalue weighted by Crippen LogP contribution is 2.20. The number of nitrogens with two attached hydrogens (primary N) is 1. The van der Waals surface area contributed by atoms with E-state index in [1.165, 1.54) is 0 Å². The van der Waals surface area contributed by atoms with Crippen LogP contribution in [0.4, 0.5) is 11.4 Å². The first-order chi connectivity index (χ1) is 8.06. The average molecular weight is 231 g/mol. The summed E-state index contributed by atoms with van der Waals surface area (Å²) >= 11 is 0. The zero-order valence-corrected chi connectivity index (χ0v) is 9.65. The number of anilines is 2. The van der Waals surface area contributed by atoms with Crippen molar-refractivity contribution in [2.45, 2.75) is 13.8 Å². The first-order valence-electron chi connectivity index (χ1n) is 5.17. The molecule has 0 spiro atoms. The van der Waals surface area contributed by atoms with E-state index in [0.717, 1.165) is 5.56 Å². The highest BCUT2D eigenvalue weighted by molar-refractivity contribution is 6.03. The normalized spacial score (nSPS) is 10.2. The Bertz CT molecular complexity index is 561. The number of benzene rings is 1. The summed E-state index contributed by atoms with van der Waals surface area (Å²) in [4.78, 5) is 11.8. The number of nitrogen functional groups attached to an aromatic ring is 1. The fraction of sp³-hybridized carbons (Fsp3) is 0.167. The molecule has 3 N–H and O–H groups in total. The number of aryl methyl sites for hydroxylation is 2. The van der Waals surface area contributed by atoms with Gasteiger partial charge >= 0.3 is 0 Å². The quantitative estimate of drug-likeness (QED) is 0.776. The van der Waals surface area contributed by atoms with E-state index in [9.17, 15) is 4.79 Å². The Morgan fingerprint density at radius 3 is 2.76 bits per heavy atom. The maximum atomic E-state index is 11.8. The summed E-state index contributed by atoms with van der Waals surface area (Å²) in [5.41, 5.74) is 8.52. The molecule has 0 radical (unpaired) electrons. The molecule has 0 aliphatic heterocycles. The van der Waals surface area contributed by atoms with Crippen molar-refractivity contribution in [3.05, 3.63) is 41.3 Å². The first kappa shape index (κ1) is 11.2. The minimum Gasteiger partial charge on any atom is -0.397 e. The van der Waals surface area contributed by atoms with Gasteiger partial charge in [-0.15, -0.1) is 0 Å². The highest BCUT2D eigenvalue weighted by atomic mass is 16.5. The van der Waals surface area contributed by atoms with Crippen LogP contribution in [0.3, 0.4) is 0 Å². The molecule has 88 valence electrons. The Morgan fingerprint density at radius 1 is 1.35 bits per heavy atom. The molecule has 0 unspecified atom stereocenters. The van der Waals surface area contributed by atoms with Gasteiger partial charge in [0.25, 0.3) is 5.91 Å². The molecular formula is C12H13N3O2. The van der Waals surface area contributed by atoms with Gasteiger partial charge in [0, 0.05) is 6.07 Å². The van der Waals surface area contributed by atoms with Crippen LogP contribution >= 0.6 is 0 Å². The molecule has 0 saturated heterocycles. The average Bonchev–Trinajstić information content (AvgIpc) is 2.70. The molecule has 0 saturated carbocycles. The fourth-order valence-electron chi connectivity index (χ4n) is 1.43. The molecule has 1 heterocycles. The van der Waals surface area contributed by atoms with E-state index >= 15 is 0 Å². The van der Waals surface area contributed by atoms with Crippen LogP contribution in [0.25, 0.3) is 0 Å². The van der Waals surface area contributed by atoms with Crippen LogP contribution in [0.2, 0.25) is 0 Å². The lowest BCUT2D eigenvalue weighted by molar-refractivity contribution is 0.0988. The maximum Gasteiger partial charge on any atom is 0.294 e. The summed E-state index contributed by atoms with van der Waals surface area (Å²) in [6, 6.07) is 7.00. The van der Waals surface area contributed by atoms with Crippen molar-refractivity contribution in [1.29, 1.82) is 0 Å². The smallest absolute Gasteiger partial charge is 0.294 e. The second-order valence-electron chi connectivity index (χ2n) is 3.88. The number of hydrogen-bond acceptors (Lipinski definition) is 4. The molecule has 0 fully saturated rings. The number of rotatable bonds is 2. The summed E-state index contributed by atoms with van der Waals surface area (Å²) in [6.07, 6.45) is 0. The molecule has 17 heavy (non-hydrogen) atoms. The second kappa shape index (κ2) is 4.29. The van der Waals surface area contributed by atoms with E-state index in [1.54, 1.807) is 25.1 Å². The largest absolute Gasteiger partial charge is 0.397 e. The van der Waals surface area contributed by atoms with Gasteiger partial charge in [-0.25, -0.2) is 0 Å². The number of carbonyl (C=O) groups excluding carboxylic acids is 1. The monoisotopic (exact) mass is 231 g/mol. The van der Waals surface area contributed by atoms with Crippen LogP contribution in [0.5, 0.6) is 0 Å². The van der Waals surface area contributed by atoms with Gasteiger partial charge in [0.15, 0.2) is 0 Å². The summed E-state index contributed by atoms with van der Waals surface area (Å²) < 4.78 is 4.87. The van der Waals surface area contributed by atoms with Crippen molar-refractivity contribution in [2.24, 2.45) is 0 Å². The Hall–Kier alpha value is -2.30. The number of hydrogen-bond donors (Lipinski definition) is 2. The van der Waals surface area contributed by atoms with Crippen LogP contribution in [-0.2, 0) is 0 Å². The Morgan fingerprint density at radius 2 is 2.12 bits per heavy atom. The van der Waals surface area contributed by atoms with Gasteiger partial charge in [-0.3, -0.25) is 4.79 Å². The molecular weight excluding hydrogens is 218 g/mol. The number of nitrogens with one attached hydrogen (secondary N) is 1. The van der Waals surface area contributed by atoms with E-state index < -0.39 is 0 Å². The molecule has 1 amide bonds. The standard InChI is InChI=1S/C12H13N3O2/c1-7-3-4-9(13)10(5-7)14-12(16)11-6-8(2)15-17-11/h3-6H,13H2,1-2H3,(H,14,16). The van der Waals surface area contributed by atoms with Gasteiger partial charge in [-0.2, -0.15) is 0 Å². The molecule has 5 heteroatoms. The predicted molar refractivity (Wildman–Crippen MR) is 64.8 cm³/mol. The molecule has 0 bridgehead atoms. The minimum absolute atomic E-state index is 0.170. The van der Waals surface area contributed by atoms with Crippen LogP contribution < -0.4 is 11.1 Å². The van der Waals surface area contributed by atoms with Gasteiger partial charge in [0.05, 0.1) is 17.1 Å². The molecule has 1 aromatic heterocycles. The van der Waals surface area contributed by atoms with Crippen LogP contribution in [0.1, 0.15) is 21.8 Å². The van der Waals surface area contributed by atoms with E-state index in [4.69, 9.17) is 10.3 Å². The predicted octanol–water partition coefficient (Wildman–Crippen LogP) is 2.13. The summed E-state index contributed by atoms with van der Waals surface area (Å²) in [5.74, 6) is -0.189. The van der Waals surface area contributed by atoms with Gasteiger partial charge < -0.3 is 15.6 Å². The molecule has 0 aliphatic rings. The van der Waals surface area contributed by atoms with Crippen LogP contribution in [-0.4, -0.2) is 11.1 Å². The Balaban J connectivity index is 2.21. The lowest BCUT2D eigenvalue weighted by atomic mass is 10.2. The number of amides is 1. The maximum absolute atomic E-state index is 11.8. The van der Waals surface area contributed by atoms with E-state index in [1.807, 2.05) is 13.0 Å². The first-order valence-corrected chi connectivity index (χ1v) is 5.17. The molecule has 0 aliphatic carbocycles. The Labute approximate surface area is 98.6 Å². The van der Waals surface area contributed by atoms with E-state index in [2.05, 4.69) is 10.5 Å². The Kier molecular flexibility index (Phi) is 2.82. The second-order valence-corrected chi connectivity index (χ2v) is 3.88. The number of aromatic nitrogens is 1. The van der Waals surface area contributed by atoms with Crippen molar-refractivity contribution in [3.63, 3.8) is 0 Å². The lowest BCUT2D eigenvalue weighted by Crippen LogP contribution is -2.12. The molecule has 1 aromatic carbocycles. The summed E-state index contributed by atoms with van der Waals surface area (Å²) in [7, 11) is 0. The third kappa shape index (κ3) is 2.44. The summed E-state index contributed by atoms with van der Waals surface area (Å²) in [5, 5.41) is 6.34. The van der Waals surface area contributed by atoms with E-state index in [0.29, 0.717) is 17.1 Å². The van der Waals surface area contributed by atoms with Crippen molar-refractivity contribution in [1.82, 2.24) is 5.16 Å². The number of nitrogens with zero attached hydrogens (tertiary/aromatic N) is 1. The van der Waals surface area contributed by atoms with Crippen molar-refractivity contribution in [2.75, 3.05) is 11.1 Å². The zero-order valence-electron chi connectivity index (χ0n) is 9.65. The van der Waals surface area contributed by atoms with Crippen LogP contribution in [0.15, 0.2) is 28.8 Å². The SMILES string of the molecule is Cc1ccc(N)c(NC(=O)c2cc(C)no2)c1. The molecule has 2 aromatic rings. The van der Waals surface area contributed by atoms with Gasteiger partial charge in [0.1, 0.15) is 0 Å².